The van der Waals surface area contributed by atoms with Crippen LogP contribution < -0.4 is 10.1 Å². The van der Waals surface area contributed by atoms with Crippen LogP contribution in [0.15, 0.2) is 18.2 Å². The van der Waals surface area contributed by atoms with Crippen molar-refractivity contribution < 1.29 is 14.3 Å². The number of carbonyl (C=O) groups excluding carboxylic acids is 1. The van der Waals surface area contributed by atoms with E-state index in [1.807, 2.05) is 32.0 Å². The van der Waals surface area contributed by atoms with Crippen LogP contribution in [0.3, 0.4) is 0 Å². The lowest BCUT2D eigenvalue weighted by atomic mass is 10.2. The molecule has 0 bridgehead atoms. The van der Waals surface area contributed by atoms with Gasteiger partial charge in [0, 0.05) is 7.11 Å². The number of methoxy groups -OCH3 is 1. The molecule has 0 aromatic heterocycles. The minimum atomic E-state index is -0.188. The first-order valence-electron chi connectivity index (χ1n) is 5.19. The van der Waals surface area contributed by atoms with Crippen molar-refractivity contribution in [3.8, 4) is 5.75 Å². The van der Waals surface area contributed by atoms with Gasteiger partial charge in [0.15, 0.2) is 0 Å². The number of amides is 1. The standard InChI is InChI=1S/C12H17NO3/c1-4-16-11-7-9(2)5-6-10(11)13-12(14)8-15-3/h5-7H,4,8H2,1-3H3,(H,13,14). The summed E-state index contributed by atoms with van der Waals surface area (Å²) in [6.45, 7) is 4.49. The van der Waals surface area contributed by atoms with Crippen LogP contribution in [-0.4, -0.2) is 26.2 Å². The van der Waals surface area contributed by atoms with Crippen LogP contribution >= 0.6 is 0 Å². The maximum atomic E-state index is 11.4. The monoisotopic (exact) mass is 223 g/mol. The third kappa shape index (κ3) is 3.55. The van der Waals surface area contributed by atoms with Crippen LogP contribution in [0.4, 0.5) is 5.69 Å². The van der Waals surface area contributed by atoms with Crippen molar-refractivity contribution in [3.63, 3.8) is 0 Å². The van der Waals surface area contributed by atoms with Crippen LogP contribution in [0, 0.1) is 6.92 Å². The van der Waals surface area contributed by atoms with Gasteiger partial charge >= 0.3 is 0 Å². The van der Waals surface area contributed by atoms with E-state index < -0.39 is 0 Å². The van der Waals surface area contributed by atoms with E-state index in [9.17, 15) is 4.79 Å². The van der Waals surface area contributed by atoms with Gasteiger partial charge in [-0.3, -0.25) is 4.79 Å². The zero-order valence-electron chi connectivity index (χ0n) is 9.87. The molecule has 0 aliphatic carbocycles. The second kappa shape index (κ2) is 6.12. The number of benzene rings is 1. The summed E-state index contributed by atoms with van der Waals surface area (Å²) in [5.74, 6) is 0.499. The molecule has 0 saturated heterocycles. The molecule has 0 aliphatic rings. The molecule has 4 nitrogen and oxygen atoms in total. The number of rotatable bonds is 5. The Bertz CT molecular complexity index is 363. The van der Waals surface area contributed by atoms with Crippen LogP contribution in [0.1, 0.15) is 12.5 Å². The average Bonchev–Trinajstić information content (AvgIpc) is 2.23. The fourth-order valence-electron chi connectivity index (χ4n) is 1.33. The Morgan fingerprint density at radius 2 is 2.19 bits per heavy atom. The van der Waals surface area contributed by atoms with Gasteiger partial charge in [0.25, 0.3) is 0 Å². The number of ether oxygens (including phenoxy) is 2. The van der Waals surface area contributed by atoms with Gasteiger partial charge in [-0.15, -0.1) is 0 Å². The number of nitrogens with one attached hydrogen (secondary N) is 1. The highest BCUT2D eigenvalue weighted by atomic mass is 16.5. The van der Waals surface area contributed by atoms with Crippen LogP contribution in [0.2, 0.25) is 0 Å². The molecule has 1 rings (SSSR count). The van der Waals surface area contributed by atoms with E-state index >= 15 is 0 Å². The molecule has 0 saturated carbocycles. The first-order valence-corrected chi connectivity index (χ1v) is 5.19. The highest BCUT2D eigenvalue weighted by molar-refractivity contribution is 5.93. The van der Waals surface area contributed by atoms with Crippen molar-refractivity contribution in [1.82, 2.24) is 0 Å². The normalized spacial score (nSPS) is 9.94. The lowest BCUT2D eigenvalue weighted by molar-refractivity contribution is -0.119. The molecule has 1 amide bonds. The van der Waals surface area contributed by atoms with Gasteiger partial charge in [0.1, 0.15) is 12.4 Å². The largest absolute Gasteiger partial charge is 0.492 e. The number of hydrogen-bond acceptors (Lipinski definition) is 3. The lowest BCUT2D eigenvalue weighted by Crippen LogP contribution is -2.17. The third-order valence-electron chi connectivity index (χ3n) is 1.99. The van der Waals surface area contributed by atoms with Gasteiger partial charge in [0.2, 0.25) is 5.91 Å². The van der Waals surface area contributed by atoms with Crippen molar-refractivity contribution in [1.29, 1.82) is 0 Å². The Labute approximate surface area is 95.6 Å². The average molecular weight is 223 g/mol. The second-order valence-corrected chi connectivity index (χ2v) is 3.41. The predicted octanol–water partition coefficient (Wildman–Crippen LogP) is 1.98. The number of hydrogen-bond donors (Lipinski definition) is 1. The van der Waals surface area contributed by atoms with Crippen molar-refractivity contribution in [3.05, 3.63) is 23.8 Å². The molecule has 0 heterocycles. The van der Waals surface area contributed by atoms with E-state index in [-0.39, 0.29) is 12.5 Å². The van der Waals surface area contributed by atoms with Crippen LogP contribution in [0.5, 0.6) is 5.75 Å². The summed E-state index contributed by atoms with van der Waals surface area (Å²) < 4.78 is 10.2. The minimum absolute atomic E-state index is 0.0411. The second-order valence-electron chi connectivity index (χ2n) is 3.41. The van der Waals surface area contributed by atoms with Gasteiger partial charge in [-0.25, -0.2) is 0 Å². The summed E-state index contributed by atoms with van der Waals surface area (Å²) >= 11 is 0. The SMILES string of the molecule is CCOc1cc(C)ccc1NC(=O)COC. The van der Waals surface area contributed by atoms with Gasteiger partial charge < -0.3 is 14.8 Å². The summed E-state index contributed by atoms with van der Waals surface area (Å²) in [4.78, 5) is 11.4. The third-order valence-corrected chi connectivity index (χ3v) is 1.99. The smallest absolute Gasteiger partial charge is 0.250 e. The summed E-state index contributed by atoms with van der Waals surface area (Å²) in [6.07, 6.45) is 0. The maximum Gasteiger partial charge on any atom is 0.250 e. The Morgan fingerprint density at radius 1 is 1.44 bits per heavy atom. The highest BCUT2D eigenvalue weighted by Gasteiger charge is 2.07. The number of anilines is 1. The van der Waals surface area contributed by atoms with Crippen LogP contribution in [0.25, 0.3) is 0 Å². The van der Waals surface area contributed by atoms with Crippen molar-refractivity contribution in [2.45, 2.75) is 13.8 Å². The molecular weight excluding hydrogens is 206 g/mol. The quantitative estimate of drug-likeness (QED) is 0.830. The molecule has 0 aliphatic heterocycles. The zero-order valence-corrected chi connectivity index (χ0v) is 9.87. The zero-order chi connectivity index (χ0) is 12.0. The molecule has 4 heteroatoms. The Hall–Kier alpha value is -1.55. The Kier molecular flexibility index (Phi) is 4.79. The predicted molar refractivity (Wildman–Crippen MR) is 62.9 cm³/mol. The summed E-state index contributed by atoms with van der Waals surface area (Å²) in [5.41, 5.74) is 1.77. The van der Waals surface area contributed by atoms with Gasteiger partial charge in [-0.2, -0.15) is 0 Å². The molecule has 1 N–H and O–H groups in total. The van der Waals surface area contributed by atoms with E-state index in [0.717, 1.165) is 5.56 Å². The van der Waals surface area contributed by atoms with Gasteiger partial charge in [-0.1, -0.05) is 6.07 Å². The molecule has 1 aromatic carbocycles. The molecule has 16 heavy (non-hydrogen) atoms. The minimum Gasteiger partial charge on any atom is -0.492 e. The summed E-state index contributed by atoms with van der Waals surface area (Å²) in [6, 6.07) is 5.64. The molecule has 0 atom stereocenters. The fourth-order valence-corrected chi connectivity index (χ4v) is 1.33. The number of carbonyl (C=O) groups is 1. The first-order chi connectivity index (χ1) is 7.67. The van der Waals surface area contributed by atoms with E-state index in [4.69, 9.17) is 9.47 Å². The van der Waals surface area contributed by atoms with E-state index in [1.54, 1.807) is 0 Å². The van der Waals surface area contributed by atoms with Gasteiger partial charge in [-0.05, 0) is 31.5 Å². The molecule has 1 aromatic rings. The molecule has 88 valence electrons. The maximum absolute atomic E-state index is 11.4. The summed E-state index contributed by atoms with van der Waals surface area (Å²) in [7, 11) is 1.48. The van der Waals surface area contributed by atoms with Crippen LogP contribution in [-0.2, 0) is 9.53 Å². The molecule has 0 fully saturated rings. The van der Waals surface area contributed by atoms with E-state index in [0.29, 0.717) is 18.0 Å². The highest BCUT2D eigenvalue weighted by Crippen LogP contribution is 2.25. The van der Waals surface area contributed by atoms with Crippen molar-refractivity contribution in [2.75, 3.05) is 25.6 Å². The lowest BCUT2D eigenvalue weighted by Gasteiger charge is -2.11. The topological polar surface area (TPSA) is 47.6 Å². The molecule has 0 radical (unpaired) electrons. The van der Waals surface area contributed by atoms with Gasteiger partial charge in [0.05, 0.1) is 12.3 Å². The Morgan fingerprint density at radius 3 is 2.81 bits per heavy atom. The molecule has 0 spiro atoms. The summed E-state index contributed by atoms with van der Waals surface area (Å²) in [5, 5.41) is 2.73. The first kappa shape index (κ1) is 12.5. The number of aryl methyl sites for hydroxylation is 1. The fraction of sp³-hybridized carbons (Fsp3) is 0.417. The Balaban J connectivity index is 2.81. The van der Waals surface area contributed by atoms with Crippen molar-refractivity contribution >= 4 is 11.6 Å². The molecule has 0 unspecified atom stereocenters. The molecular formula is C12H17NO3. The van der Waals surface area contributed by atoms with E-state index in [2.05, 4.69) is 5.32 Å². The van der Waals surface area contributed by atoms with Crippen molar-refractivity contribution in [2.24, 2.45) is 0 Å². The van der Waals surface area contributed by atoms with E-state index in [1.165, 1.54) is 7.11 Å².